The molecule has 0 spiro atoms. The molecule has 4 heterocycles. The maximum atomic E-state index is 5.29. The van der Waals surface area contributed by atoms with Gasteiger partial charge in [0.05, 0.1) is 16.9 Å². The summed E-state index contributed by atoms with van der Waals surface area (Å²) in [5, 5.41) is 7.53. The van der Waals surface area contributed by atoms with Crippen LogP contribution in [0.25, 0.3) is 80.8 Å². The van der Waals surface area contributed by atoms with Gasteiger partial charge >= 0.3 is 0 Å². The van der Waals surface area contributed by atoms with E-state index in [9.17, 15) is 0 Å². The zero-order chi connectivity index (χ0) is 37.5. The SMILES string of the molecule is CC(C)c1cccc(C(C)C)c1-n1c(-c2[c-]sc3ccc(-c4ccc5sc6ccccc6c5c4)cc23)nc2ccccc21.[Ir].[c-]1ccccc1-c1ccccn1. The molecular weight excluding hydrogens is 899 g/mol. The number of thiophene rings is 2. The average molecular weight is 938 g/mol. The summed E-state index contributed by atoms with van der Waals surface area (Å²) in [7, 11) is 0. The molecule has 6 heteroatoms. The van der Waals surface area contributed by atoms with Gasteiger partial charge in [-0.15, -0.1) is 52.6 Å². The van der Waals surface area contributed by atoms with Crippen molar-refractivity contribution in [3.05, 3.63) is 174 Å². The molecule has 56 heavy (non-hydrogen) atoms. The number of nitrogens with zero attached hydrogens (tertiary/aromatic N) is 3. The molecule has 3 nitrogen and oxygen atoms in total. The molecule has 277 valence electrons. The van der Waals surface area contributed by atoms with Gasteiger partial charge in [0.2, 0.25) is 0 Å². The minimum absolute atomic E-state index is 0. The molecular formula is C50H39IrN3S2-2. The Balaban J connectivity index is 0.000000290. The molecule has 0 atom stereocenters. The van der Waals surface area contributed by atoms with Gasteiger partial charge in [0.25, 0.3) is 0 Å². The molecule has 10 aromatic rings. The van der Waals surface area contributed by atoms with Crippen LogP contribution in [-0.4, -0.2) is 14.5 Å². The summed E-state index contributed by atoms with van der Waals surface area (Å²) in [6.07, 6.45) is 1.79. The largest absolute Gasteiger partial charge is 0.333 e. The number of imidazole rings is 1. The van der Waals surface area contributed by atoms with Crippen molar-refractivity contribution in [3.63, 3.8) is 0 Å². The Kier molecular flexibility index (Phi) is 10.8. The second kappa shape index (κ2) is 16.1. The average Bonchev–Trinajstić information content (AvgIpc) is 3.94. The fourth-order valence-corrected chi connectivity index (χ4v) is 9.40. The van der Waals surface area contributed by atoms with Crippen LogP contribution in [0, 0.1) is 11.4 Å². The van der Waals surface area contributed by atoms with Crippen LogP contribution in [0.1, 0.15) is 50.7 Å². The Morgan fingerprint density at radius 3 is 2.02 bits per heavy atom. The number of para-hydroxylation sites is 3. The van der Waals surface area contributed by atoms with Gasteiger partial charge in [-0.25, -0.2) is 0 Å². The number of hydrogen-bond donors (Lipinski definition) is 0. The van der Waals surface area contributed by atoms with Crippen LogP contribution in [0.4, 0.5) is 0 Å². The van der Waals surface area contributed by atoms with Crippen molar-refractivity contribution < 1.29 is 20.1 Å². The molecule has 1 radical (unpaired) electrons. The van der Waals surface area contributed by atoms with Crippen molar-refractivity contribution in [1.29, 1.82) is 0 Å². The smallest absolute Gasteiger partial charge is 0.0774 e. The molecule has 6 aromatic carbocycles. The summed E-state index contributed by atoms with van der Waals surface area (Å²) in [6.45, 7) is 9.14. The van der Waals surface area contributed by atoms with Crippen LogP contribution in [-0.2, 0) is 20.1 Å². The Morgan fingerprint density at radius 2 is 1.29 bits per heavy atom. The van der Waals surface area contributed by atoms with Crippen LogP contribution in [0.3, 0.4) is 0 Å². The van der Waals surface area contributed by atoms with E-state index in [0.717, 1.165) is 33.7 Å². The van der Waals surface area contributed by atoms with Gasteiger partial charge in [-0.2, -0.15) is 0 Å². The molecule has 0 bridgehead atoms. The first-order valence-corrected chi connectivity index (χ1v) is 20.4. The van der Waals surface area contributed by atoms with E-state index in [-0.39, 0.29) is 20.1 Å². The van der Waals surface area contributed by atoms with Crippen molar-refractivity contribution in [1.82, 2.24) is 14.5 Å². The number of fused-ring (bicyclic) bond motifs is 5. The van der Waals surface area contributed by atoms with E-state index in [1.54, 1.807) is 17.5 Å². The number of hydrogen-bond acceptors (Lipinski definition) is 4. The van der Waals surface area contributed by atoms with Crippen molar-refractivity contribution >= 4 is 64.0 Å². The molecule has 0 fully saturated rings. The molecule has 10 rings (SSSR count). The third kappa shape index (κ3) is 7.04. The number of aromatic nitrogens is 3. The molecule has 4 aromatic heterocycles. The third-order valence-electron chi connectivity index (χ3n) is 10.2. The van der Waals surface area contributed by atoms with E-state index in [2.05, 4.69) is 152 Å². The van der Waals surface area contributed by atoms with E-state index >= 15 is 0 Å². The Hall–Kier alpha value is -5.23. The maximum absolute atomic E-state index is 5.29. The van der Waals surface area contributed by atoms with Gasteiger partial charge in [0.1, 0.15) is 0 Å². The van der Waals surface area contributed by atoms with Gasteiger partial charge < -0.3 is 9.55 Å². The van der Waals surface area contributed by atoms with E-state index in [4.69, 9.17) is 4.98 Å². The fourth-order valence-electron chi connectivity index (χ4n) is 7.49. The van der Waals surface area contributed by atoms with Crippen molar-refractivity contribution in [2.45, 2.75) is 39.5 Å². The normalized spacial score (nSPS) is 11.4. The molecule has 0 amide bonds. The van der Waals surface area contributed by atoms with E-state index in [1.807, 2.05) is 53.8 Å². The topological polar surface area (TPSA) is 30.7 Å². The van der Waals surface area contributed by atoms with Crippen LogP contribution in [0.2, 0.25) is 0 Å². The number of rotatable bonds is 6. The molecule has 0 unspecified atom stereocenters. The monoisotopic (exact) mass is 938 g/mol. The van der Waals surface area contributed by atoms with E-state index in [0.29, 0.717) is 11.8 Å². The van der Waals surface area contributed by atoms with Crippen LogP contribution >= 0.6 is 22.7 Å². The van der Waals surface area contributed by atoms with Gasteiger partial charge in [-0.3, -0.25) is 16.3 Å². The minimum Gasteiger partial charge on any atom is -0.333 e. The predicted molar refractivity (Wildman–Crippen MR) is 236 cm³/mol. The number of benzene rings is 6. The number of pyridine rings is 1. The maximum Gasteiger partial charge on any atom is 0.0774 e. The Labute approximate surface area is 349 Å². The molecule has 0 aliphatic rings. The quantitative estimate of drug-likeness (QED) is 0.156. The molecule has 0 saturated carbocycles. The summed E-state index contributed by atoms with van der Waals surface area (Å²) >= 11 is 3.54. The van der Waals surface area contributed by atoms with E-state index in [1.165, 1.54) is 58.2 Å². The van der Waals surface area contributed by atoms with Crippen molar-refractivity contribution in [2.24, 2.45) is 0 Å². The second-order valence-electron chi connectivity index (χ2n) is 14.4. The molecule has 0 aliphatic heterocycles. The van der Waals surface area contributed by atoms with Crippen LogP contribution in [0.15, 0.2) is 152 Å². The molecule has 0 saturated heterocycles. The zero-order valence-electron chi connectivity index (χ0n) is 31.6. The second-order valence-corrected chi connectivity index (χ2v) is 16.4. The van der Waals surface area contributed by atoms with Gasteiger partial charge in [-0.1, -0.05) is 128 Å². The van der Waals surface area contributed by atoms with Gasteiger partial charge in [-0.05, 0) is 76.2 Å². The molecule has 0 N–H and O–H groups in total. The standard InChI is InChI=1S/C39H31N2S2.C11H8N.Ir/c1-23(2)27-11-9-12-28(24(3)4)38(27)41-34-14-7-6-13-33(34)40-39(41)32-22-42-35-18-16-25(21-31(32)35)26-17-19-37-30(20-26)29-10-5-8-15-36(29)43-37;1-2-6-10(7-3-1)11-8-4-5-9-12-11;/h5-21,23-24H,1-4H3;1-6,8-9H;/q2*-1;. The first-order valence-electron chi connectivity index (χ1n) is 18.8. The summed E-state index contributed by atoms with van der Waals surface area (Å²) in [4.78, 5) is 9.51. The minimum atomic E-state index is 0. The fraction of sp³-hybridized carbons (Fsp3) is 0.120. The van der Waals surface area contributed by atoms with Crippen LogP contribution in [0.5, 0.6) is 0 Å². The molecule has 0 aliphatic carbocycles. The summed E-state index contributed by atoms with van der Waals surface area (Å²) in [6, 6.07) is 54.6. The van der Waals surface area contributed by atoms with Gasteiger partial charge in [0, 0.05) is 52.2 Å². The first kappa shape index (κ1) is 37.7. The van der Waals surface area contributed by atoms with Crippen molar-refractivity contribution in [2.75, 3.05) is 0 Å². The zero-order valence-corrected chi connectivity index (χ0v) is 35.6. The Bertz CT molecular complexity index is 2880. The Morgan fingerprint density at radius 1 is 0.607 bits per heavy atom. The predicted octanol–water partition coefficient (Wildman–Crippen LogP) is 14.5. The summed E-state index contributed by atoms with van der Waals surface area (Å²) < 4.78 is 6.30. The summed E-state index contributed by atoms with van der Waals surface area (Å²) in [5.41, 5.74) is 11.6. The first-order chi connectivity index (χ1) is 26.9. The van der Waals surface area contributed by atoms with Crippen molar-refractivity contribution in [3.8, 4) is 39.5 Å². The summed E-state index contributed by atoms with van der Waals surface area (Å²) in [5.74, 6) is 1.71. The van der Waals surface area contributed by atoms with Crippen LogP contribution < -0.4 is 0 Å². The third-order valence-corrected chi connectivity index (χ3v) is 12.3. The van der Waals surface area contributed by atoms with Gasteiger partial charge in [0.15, 0.2) is 0 Å². The van der Waals surface area contributed by atoms with E-state index < -0.39 is 0 Å².